The van der Waals surface area contributed by atoms with E-state index in [1.54, 1.807) is 12.2 Å². The third kappa shape index (κ3) is 3.36. The molecule has 1 aromatic carbocycles. The summed E-state index contributed by atoms with van der Waals surface area (Å²) in [4.78, 5) is 15.8. The molecule has 1 amide bonds. The molecule has 1 aliphatic heterocycles. The summed E-state index contributed by atoms with van der Waals surface area (Å²) in [5, 5.41) is 11.3. The number of hydrogen-bond acceptors (Lipinski definition) is 3. The van der Waals surface area contributed by atoms with Crippen LogP contribution in [0.2, 0.25) is 0 Å². The first-order valence-corrected chi connectivity index (χ1v) is 5.59. The van der Waals surface area contributed by atoms with E-state index in [1.165, 1.54) is 30.5 Å². The predicted octanol–water partition coefficient (Wildman–Crippen LogP) is 2.57. The van der Waals surface area contributed by atoms with Crippen molar-refractivity contribution in [1.82, 2.24) is 0 Å². The number of nitrogens with one attached hydrogen (secondary N) is 1. The highest BCUT2D eigenvalue weighted by Gasteiger charge is 2.10. The zero-order valence-electron chi connectivity index (χ0n) is 9.93. The summed E-state index contributed by atoms with van der Waals surface area (Å²) in [6.07, 6.45) is 5.08. The van der Waals surface area contributed by atoms with E-state index in [1.807, 2.05) is 6.07 Å². The Hall–Kier alpha value is -2.74. The van der Waals surface area contributed by atoms with Gasteiger partial charge >= 0.3 is 0 Å². The predicted molar refractivity (Wildman–Crippen MR) is 69.9 cm³/mol. The number of anilines is 1. The van der Waals surface area contributed by atoms with Crippen LogP contribution in [0.3, 0.4) is 0 Å². The molecule has 0 radical (unpaired) electrons. The van der Waals surface area contributed by atoms with Gasteiger partial charge in [-0.25, -0.2) is 4.39 Å². The van der Waals surface area contributed by atoms with Gasteiger partial charge in [-0.15, -0.1) is 0 Å². The first kappa shape index (κ1) is 12.7. The van der Waals surface area contributed by atoms with E-state index < -0.39 is 5.91 Å². The second-order valence-corrected chi connectivity index (χ2v) is 3.85. The summed E-state index contributed by atoms with van der Waals surface area (Å²) in [6.45, 7) is 0. The Morgan fingerprint density at radius 3 is 2.79 bits per heavy atom. The lowest BCUT2D eigenvalue weighted by Gasteiger charge is -2.04. The third-order valence-electron chi connectivity index (χ3n) is 2.45. The SMILES string of the molecule is N#CC1=CN=C(C(=O)Nc2ccc(F)cc2)C=CC1. The van der Waals surface area contributed by atoms with Gasteiger partial charge < -0.3 is 5.32 Å². The van der Waals surface area contributed by atoms with E-state index in [2.05, 4.69) is 10.3 Å². The molecule has 1 aromatic rings. The minimum Gasteiger partial charge on any atom is -0.321 e. The Bertz CT molecular complexity index is 621. The normalized spacial score (nSPS) is 13.9. The highest BCUT2D eigenvalue weighted by atomic mass is 19.1. The zero-order chi connectivity index (χ0) is 13.7. The fourth-order valence-electron chi connectivity index (χ4n) is 1.48. The van der Waals surface area contributed by atoms with Crippen molar-refractivity contribution in [2.45, 2.75) is 6.42 Å². The first-order valence-electron chi connectivity index (χ1n) is 5.59. The Kier molecular flexibility index (Phi) is 3.84. The van der Waals surface area contributed by atoms with Crippen LogP contribution in [0.5, 0.6) is 0 Å². The first-order chi connectivity index (χ1) is 9.19. The standard InChI is InChI=1S/C14H10FN3O/c15-11-4-6-12(7-5-11)18-14(19)13-3-1-2-10(8-16)9-17-13/h1,3-7,9H,2H2,(H,18,19). The minimum absolute atomic E-state index is 0.203. The third-order valence-corrected chi connectivity index (χ3v) is 2.45. The summed E-state index contributed by atoms with van der Waals surface area (Å²) < 4.78 is 12.7. The summed E-state index contributed by atoms with van der Waals surface area (Å²) in [7, 11) is 0. The molecule has 19 heavy (non-hydrogen) atoms. The number of halogens is 1. The topological polar surface area (TPSA) is 65.2 Å². The number of benzene rings is 1. The van der Waals surface area contributed by atoms with Gasteiger partial charge in [-0.2, -0.15) is 5.26 Å². The summed E-state index contributed by atoms with van der Waals surface area (Å²) in [6, 6.07) is 7.43. The summed E-state index contributed by atoms with van der Waals surface area (Å²) in [5.74, 6) is -0.774. The molecule has 1 N–H and O–H groups in total. The number of rotatable bonds is 2. The molecule has 0 unspecified atom stereocenters. The minimum atomic E-state index is -0.404. The average molecular weight is 255 g/mol. The van der Waals surface area contributed by atoms with E-state index in [0.717, 1.165) is 0 Å². The maximum Gasteiger partial charge on any atom is 0.274 e. The number of hydrogen-bond donors (Lipinski definition) is 1. The molecule has 2 rings (SSSR count). The van der Waals surface area contributed by atoms with Crippen molar-refractivity contribution in [2.24, 2.45) is 4.99 Å². The second kappa shape index (κ2) is 5.74. The van der Waals surface area contributed by atoms with Gasteiger partial charge in [0.15, 0.2) is 0 Å². The number of carbonyl (C=O) groups is 1. The molecule has 0 aliphatic carbocycles. The van der Waals surface area contributed by atoms with Crippen LogP contribution in [0.15, 0.2) is 53.2 Å². The number of aliphatic imine (C=N–C) groups is 1. The highest BCUT2D eigenvalue weighted by molar-refractivity contribution is 6.47. The molecule has 94 valence electrons. The number of nitrogens with zero attached hydrogens (tertiary/aromatic N) is 2. The van der Waals surface area contributed by atoms with E-state index in [0.29, 0.717) is 17.7 Å². The van der Waals surface area contributed by atoms with E-state index in [9.17, 15) is 9.18 Å². The Balaban J connectivity index is 2.12. The fraction of sp³-hybridized carbons (Fsp3) is 0.0714. The monoisotopic (exact) mass is 255 g/mol. The molecule has 4 nitrogen and oxygen atoms in total. The highest BCUT2D eigenvalue weighted by Crippen LogP contribution is 2.10. The number of allylic oxidation sites excluding steroid dienone is 2. The molecular weight excluding hydrogens is 245 g/mol. The molecule has 0 saturated carbocycles. The fourth-order valence-corrected chi connectivity index (χ4v) is 1.48. The molecule has 0 atom stereocenters. The van der Waals surface area contributed by atoms with Gasteiger partial charge in [-0.1, -0.05) is 6.08 Å². The largest absolute Gasteiger partial charge is 0.321 e. The molecule has 0 saturated heterocycles. The summed E-state index contributed by atoms with van der Waals surface area (Å²) in [5.41, 5.74) is 1.17. The van der Waals surface area contributed by atoms with Crippen molar-refractivity contribution in [2.75, 3.05) is 5.32 Å². The number of amides is 1. The Morgan fingerprint density at radius 1 is 1.37 bits per heavy atom. The smallest absolute Gasteiger partial charge is 0.274 e. The molecule has 0 fully saturated rings. The maximum atomic E-state index is 12.7. The molecule has 1 aliphatic rings. The van der Waals surface area contributed by atoms with Gasteiger partial charge in [0.05, 0.1) is 11.6 Å². The van der Waals surface area contributed by atoms with Crippen molar-refractivity contribution in [3.05, 3.63) is 54.0 Å². The van der Waals surface area contributed by atoms with Crippen LogP contribution >= 0.6 is 0 Å². The number of carbonyl (C=O) groups excluding carboxylic acids is 1. The molecule has 0 bridgehead atoms. The van der Waals surface area contributed by atoms with Crippen LogP contribution in [0, 0.1) is 17.1 Å². The van der Waals surface area contributed by atoms with Gasteiger partial charge in [0.1, 0.15) is 11.5 Å². The average Bonchev–Trinajstić information content (AvgIpc) is 2.66. The van der Waals surface area contributed by atoms with Crippen LogP contribution in [0.1, 0.15) is 6.42 Å². The van der Waals surface area contributed by atoms with Crippen molar-refractivity contribution < 1.29 is 9.18 Å². The quantitative estimate of drug-likeness (QED) is 0.882. The van der Waals surface area contributed by atoms with Gasteiger partial charge in [-0.3, -0.25) is 9.79 Å². The number of nitriles is 1. The molecule has 5 heteroatoms. The van der Waals surface area contributed by atoms with Gasteiger partial charge in [0.25, 0.3) is 5.91 Å². The van der Waals surface area contributed by atoms with Crippen LogP contribution < -0.4 is 5.32 Å². The lowest BCUT2D eigenvalue weighted by atomic mass is 10.2. The van der Waals surface area contributed by atoms with E-state index >= 15 is 0 Å². The lowest BCUT2D eigenvalue weighted by Crippen LogP contribution is -2.20. The lowest BCUT2D eigenvalue weighted by molar-refractivity contribution is -0.110. The van der Waals surface area contributed by atoms with Crippen molar-refractivity contribution in [1.29, 1.82) is 5.26 Å². The second-order valence-electron chi connectivity index (χ2n) is 3.85. The van der Waals surface area contributed by atoms with Crippen LogP contribution in [0.4, 0.5) is 10.1 Å². The summed E-state index contributed by atoms with van der Waals surface area (Å²) >= 11 is 0. The Morgan fingerprint density at radius 2 is 2.11 bits per heavy atom. The van der Waals surface area contributed by atoms with Crippen molar-refractivity contribution >= 4 is 17.3 Å². The van der Waals surface area contributed by atoms with E-state index in [-0.39, 0.29) is 11.5 Å². The van der Waals surface area contributed by atoms with Crippen LogP contribution in [-0.2, 0) is 4.79 Å². The molecule has 0 aromatic heterocycles. The van der Waals surface area contributed by atoms with Gasteiger partial charge in [-0.05, 0) is 30.3 Å². The maximum absolute atomic E-state index is 12.7. The van der Waals surface area contributed by atoms with Crippen LogP contribution in [0.25, 0.3) is 0 Å². The molecule has 1 heterocycles. The van der Waals surface area contributed by atoms with Gasteiger partial charge in [0, 0.05) is 18.3 Å². The van der Waals surface area contributed by atoms with Crippen molar-refractivity contribution in [3.63, 3.8) is 0 Å². The molecular formula is C14H10FN3O. The van der Waals surface area contributed by atoms with Crippen LogP contribution in [-0.4, -0.2) is 11.6 Å². The van der Waals surface area contributed by atoms with Gasteiger partial charge in [0.2, 0.25) is 0 Å². The zero-order valence-corrected chi connectivity index (χ0v) is 9.93. The van der Waals surface area contributed by atoms with Crippen molar-refractivity contribution in [3.8, 4) is 6.07 Å². The Labute approximate surface area is 109 Å². The molecule has 0 spiro atoms. The van der Waals surface area contributed by atoms with E-state index in [4.69, 9.17) is 5.26 Å².